The van der Waals surface area contributed by atoms with Crippen LogP contribution in [0.2, 0.25) is 0 Å². The van der Waals surface area contributed by atoms with Gasteiger partial charge < -0.3 is 14.6 Å². The maximum absolute atomic E-state index is 12.4. The van der Waals surface area contributed by atoms with E-state index in [9.17, 15) is 33.1 Å². The van der Waals surface area contributed by atoms with Gasteiger partial charge in [-0.25, -0.2) is 4.98 Å². The van der Waals surface area contributed by atoms with Crippen LogP contribution in [0.5, 0.6) is 11.5 Å². The Labute approximate surface area is 169 Å². The Kier molecular flexibility index (Phi) is 7.36. The van der Waals surface area contributed by atoms with Crippen molar-refractivity contribution in [3.05, 3.63) is 52.8 Å². The maximum atomic E-state index is 12.4. The minimum Gasteiger partial charge on any atom is -0.504 e. The molecule has 0 spiro atoms. The van der Waals surface area contributed by atoms with Gasteiger partial charge in [-0.05, 0) is 30.7 Å². The van der Waals surface area contributed by atoms with Crippen molar-refractivity contribution in [2.24, 2.45) is 0 Å². The average Bonchev–Trinajstić information content (AvgIpc) is 2.68. The van der Waals surface area contributed by atoms with E-state index in [2.05, 4.69) is 9.72 Å². The van der Waals surface area contributed by atoms with Crippen molar-refractivity contribution >= 4 is 11.8 Å². The number of Topliss-reactive ketones (excluding diaryl/α,β-unsaturated/α-hetero) is 1. The van der Waals surface area contributed by atoms with Gasteiger partial charge in [0.15, 0.2) is 11.5 Å². The number of alkyl halides is 3. The van der Waals surface area contributed by atoms with E-state index in [1.165, 1.54) is 18.2 Å². The zero-order valence-electron chi connectivity index (χ0n) is 15.8. The van der Waals surface area contributed by atoms with Crippen molar-refractivity contribution in [3.63, 3.8) is 0 Å². The van der Waals surface area contributed by atoms with Crippen LogP contribution in [0, 0.1) is 11.3 Å². The number of carbonyl (C=O) groups is 2. The molecule has 30 heavy (non-hydrogen) atoms. The lowest BCUT2D eigenvalue weighted by Gasteiger charge is -2.10. The van der Waals surface area contributed by atoms with E-state index in [0.717, 1.165) is 12.1 Å². The van der Waals surface area contributed by atoms with Gasteiger partial charge in [-0.3, -0.25) is 9.59 Å². The third-order valence-corrected chi connectivity index (χ3v) is 3.83. The Morgan fingerprint density at radius 2 is 1.87 bits per heavy atom. The van der Waals surface area contributed by atoms with Gasteiger partial charge in [0.1, 0.15) is 17.5 Å². The number of carbonyl (C=O) groups excluding carboxylic acids is 2. The van der Waals surface area contributed by atoms with E-state index in [0.29, 0.717) is 5.56 Å². The lowest BCUT2D eigenvalue weighted by Crippen LogP contribution is -2.17. The Morgan fingerprint density at radius 1 is 1.20 bits per heavy atom. The topological polar surface area (TPSA) is 110 Å². The van der Waals surface area contributed by atoms with Crippen molar-refractivity contribution < 1.29 is 37.3 Å². The molecule has 0 aliphatic heterocycles. The predicted molar refractivity (Wildman–Crippen MR) is 96.7 cm³/mol. The van der Waals surface area contributed by atoms with E-state index in [1.807, 2.05) is 0 Å². The van der Waals surface area contributed by atoms with Gasteiger partial charge in [-0.1, -0.05) is 12.1 Å². The average molecular weight is 422 g/mol. The van der Waals surface area contributed by atoms with Crippen LogP contribution in [0.25, 0.3) is 0 Å². The molecule has 0 radical (unpaired) electrons. The molecule has 0 unspecified atom stereocenters. The SMILES string of the molecule is CCOC(=O)CCC(=O)c1nc(Cc2ccc(OC(F)(F)F)cc2)cc(C#N)c1O. The van der Waals surface area contributed by atoms with Gasteiger partial charge in [-0.15, -0.1) is 13.2 Å². The van der Waals surface area contributed by atoms with Crippen molar-refractivity contribution in [2.75, 3.05) is 6.61 Å². The summed E-state index contributed by atoms with van der Waals surface area (Å²) in [7, 11) is 0. The molecule has 1 heterocycles. The highest BCUT2D eigenvalue weighted by Crippen LogP contribution is 2.26. The van der Waals surface area contributed by atoms with E-state index in [1.54, 1.807) is 13.0 Å². The fourth-order valence-electron chi connectivity index (χ4n) is 2.55. The quantitative estimate of drug-likeness (QED) is 0.511. The molecular formula is C20H17F3N2O5. The molecule has 0 aliphatic rings. The number of rotatable bonds is 8. The standard InChI is InChI=1S/C20H17F3N2O5/c1-2-29-17(27)8-7-16(26)18-19(28)13(11-24)10-14(25-18)9-12-3-5-15(6-4-12)30-20(21,22)23/h3-6,10,28H,2,7-9H2,1H3. The third kappa shape index (κ3) is 6.48. The van der Waals surface area contributed by atoms with Crippen molar-refractivity contribution in [2.45, 2.75) is 32.5 Å². The van der Waals surface area contributed by atoms with Gasteiger partial charge in [0, 0.05) is 18.5 Å². The second-order valence-corrected chi connectivity index (χ2v) is 6.07. The number of halogens is 3. The molecule has 0 atom stereocenters. The monoisotopic (exact) mass is 422 g/mol. The van der Waals surface area contributed by atoms with E-state index in [-0.39, 0.29) is 42.8 Å². The van der Waals surface area contributed by atoms with Crippen LogP contribution >= 0.6 is 0 Å². The number of pyridine rings is 1. The highest BCUT2D eigenvalue weighted by atomic mass is 19.4. The summed E-state index contributed by atoms with van der Waals surface area (Å²) in [6.45, 7) is 1.79. The van der Waals surface area contributed by atoms with Crippen LogP contribution in [0.15, 0.2) is 30.3 Å². The summed E-state index contributed by atoms with van der Waals surface area (Å²) in [5, 5.41) is 19.3. The molecule has 0 bridgehead atoms. The Bertz CT molecular complexity index is 966. The molecule has 0 aliphatic carbocycles. The molecule has 2 aromatic rings. The molecule has 1 aromatic heterocycles. The second-order valence-electron chi connectivity index (χ2n) is 6.07. The van der Waals surface area contributed by atoms with Crippen LogP contribution in [-0.4, -0.2) is 34.8 Å². The summed E-state index contributed by atoms with van der Waals surface area (Å²) in [6, 6.07) is 8.04. The van der Waals surface area contributed by atoms with Crippen molar-refractivity contribution in [1.82, 2.24) is 4.98 Å². The lowest BCUT2D eigenvalue weighted by molar-refractivity contribution is -0.274. The number of benzene rings is 1. The van der Waals surface area contributed by atoms with Gasteiger partial charge in [0.2, 0.25) is 0 Å². The van der Waals surface area contributed by atoms with Crippen molar-refractivity contribution in [3.8, 4) is 17.6 Å². The number of hydrogen-bond donors (Lipinski definition) is 1. The summed E-state index contributed by atoms with van der Waals surface area (Å²) in [4.78, 5) is 27.8. The third-order valence-electron chi connectivity index (χ3n) is 3.83. The minimum atomic E-state index is -4.81. The van der Waals surface area contributed by atoms with Crippen LogP contribution in [0.4, 0.5) is 13.2 Å². The lowest BCUT2D eigenvalue weighted by atomic mass is 10.0. The van der Waals surface area contributed by atoms with E-state index < -0.39 is 29.6 Å². The fourth-order valence-corrected chi connectivity index (χ4v) is 2.55. The van der Waals surface area contributed by atoms with Crippen LogP contribution < -0.4 is 4.74 Å². The fraction of sp³-hybridized carbons (Fsp3) is 0.300. The van der Waals surface area contributed by atoms with Gasteiger partial charge >= 0.3 is 12.3 Å². The first kappa shape index (κ1) is 22.7. The van der Waals surface area contributed by atoms with Crippen LogP contribution in [0.1, 0.15) is 47.1 Å². The van der Waals surface area contributed by atoms with Gasteiger partial charge in [0.25, 0.3) is 0 Å². The first-order valence-corrected chi connectivity index (χ1v) is 8.79. The van der Waals surface area contributed by atoms with Gasteiger partial charge in [0.05, 0.1) is 18.6 Å². The summed E-state index contributed by atoms with van der Waals surface area (Å²) in [5.74, 6) is -2.21. The highest BCUT2D eigenvalue weighted by Gasteiger charge is 2.31. The first-order valence-electron chi connectivity index (χ1n) is 8.79. The summed E-state index contributed by atoms with van der Waals surface area (Å²) in [5.41, 5.74) is 0.242. The molecule has 0 amide bonds. The zero-order chi connectivity index (χ0) is 22.3. The molecule has 10 heteroatoms. The summed E-state index contributed by atoms with van der Waals surface area (Å²) in [6.07, 6.45) is -5.20. The maximum Gasteiger partial charge on any atom is 0.573 e. The summed E-state index contributed by atoms with van der Waals surface area (Å²) >= 11 is 0. The molecule has 0 saturated carbocycles. The Hall–Kier alpha value is -3.61. The molecule has 0 saturated heterocycles. The zero-order valence-corrected chi connectivity index (χ0v) is 15.8. The predicted octanol–water partition coefficient (Wildman–Crippen LogP) is 3.67. The summed E-state index contributed by atoms with van der Waals surface area (Å²) < 4.78 is 45.3. The van der Waals surface area contributed by atoms with Crippen molar-refractivity contribution in [1.29, 1.82) is 5.26 Å². The molecule has 2 rings (SSSR count). The number of aromatic hydroxyl groups is 1. The molecule has 0 fully saturated rings. The molecular weight excluding hydrogens is 405 g/mol. The molecule has 7 nitrogen and oxygen atoms in total. The van der Waals surface area contributed by atoms with Crippen LogP contribution in [0.3, 0.4) is 0 Å². The Balaban J connectivity index is 2.21. The highest BCUT2D eigenvalue weighted by molar-refractivity contribution is 5.98. The van der Waals surface area contributed by atoms with E-state index >= 15 is 0 Å². The number of ether oxygens (including phenoxy) is 2. The van der Waals surface area contributed by atoms with E-state index in [4.69, 9.17) is 4.74 Å². The number of hydrogen-bond acceptors (Lipinski definition) is 7. The first-order chi connectivity index (χ1) is 14.1. The molecule has 1 aromatic carbocycles. The number of nitrogens with zero attached hydrogens (tertiary/aromatic N) is 2. The smallest absolute Gasteiger partial charge is 0.504 e. The molecule has 1 N–H and O–H groups in total. The number of aromatic nitrogens is 1. The number of esters is 1. The minimum absolute atomic E-state index is 0.0828. The number of ketones is 1. The Morgan fingerprint density at radius 3 is 2.43 bits per heavy atom. The second kappa shape index (κ2) is 9.73. The largest absolute Gasteiger partial charge is 0.573 e. The van der Waals surface area contributed by atoms with Gasteiger partial charge in [-0.2, -0.15) is 5.26 Å². The molecule has 158 valence electrons. The number of nitriles is 1. The normalized spacial score (nSPS) is 10.9. The van der Waals surface area contributed by atoms with Crippen LogP contribution in [-0.2, 0) is 16.0 Å².